The Hall–Kier alpha value is -3.03. The molecule has 0 radical (unpaired) electrons. The molecular weight excluding hydrogens is 426 g/mol. The molecule has 0 spiro atoms. The predicted molar refractivity (Wildman–Crippen MR) is 126 cm³/mol. The van der Waals surface area contributed by atoms with Gasteiger partial charge in [0.15, 0.2) is 0 Å². The molecular formula is C25H29NO5S. The number of rotatable bonds is 9. The molecule has 6 nitrogen and oxygen atoms in total. The maximum Gasteiger partial charge on any atom is 0.264 e. The summed E-state index contributed by atoms with van der Waals surface area (Å²) in [4.78, 5) is 0.129. The summed E-state index contributed by atoms with van der Waals surface area (Å²) < 4.78 is 39.4. The lowest BCUT2D eigenvalue weighted by atomic mass is 10.1. The van der Waals surface area contributed by atoms with Crippen molar-refractivity contribution in [3.63, 3.8) is 0 Å². The summed E-state index contributed by atoms with van der Waals surface area (Å²) in [7, 11) is -2.47. The van der Waals surface area contributed by atoms with E-state index in [0.717, 1.165) is 16.7 Å². The second-order valence-corrected chi connectivity index (χ2v) is 9.58. The maximum absolute atomic E-state index is 13.5. The molecule has 170 valence electrons. The van der Waals surface area contributed by atoms with Crippen LogP contribution < -0.4 is 13.8 Å². The quantitative estimate of drug-likeness (QED) is 0.522. The molecule has 0 saturated carbocycles. The lowest BCUT2D eigenvalue weighted by Crippen LogP contribution is -2.40. The first-order valence-corrected chi connectivity index (χ1v) is 11.8. The summed E-state index contributed by atoms with van der Waals surface area (Å²) in [6.07, 6.45) is -1.07. The van der Waals surface area contributed by atoms with Crippen LogP contribution in [0.5, 0.6) is 11.5 Å². The molecule has 1 N–H and O–H groups in total. The highest BCUT2D eigenvalue weighted by Gasteiger charge is 2.29. The Morgan fingerprint density at radius 2 is 1.53 bits per heavy atom. The van der Waals surface area contributed by atoms with Crippen molar-refractivity contribution < 1.29 is 23.0 Å². The average molecular weight is 456 g/mol. The third-order valence-electron chi connectivity index (χ3n) is 5.09. The van der Waals surface area contributed by atoms with E-state index in [2.05, 4.69) is 0 Å². The number of sulfonamides is 1. The number of aliphatic hydroxyl groups is 1. The fourth-order valence-corrected chi connectivity index (χ4v) is 5.23. The van der Waals surface area contributed by atoms with Crippen molar-refractivity contribution in [1.29, 1.82) is 0 Å². The van der Waals surface area contributed by atoms with Crippen LogP contribution >= 0.6 is 0 Å². The van der Waals surface area contributed by atoms with E-state index in [1.54, 1.807) is 42.5 Å². The lowest BCUT2D eigenvalue weighted by molar-refractivity contribution is 0.114. The van der Waals surface area contributed by atoms with Crippen molar-refractivity contribution in [2.75, 3.05) is 24.6 Å². The highest BCUT2D eigenvalue weighted by molar-refractivity contribution is 7.92. The standard InChI is InChI=1S/C25H29NO5S/c1-18-14-19(2)25(20(3)15-18)31-17-21(27)16-26(23-12-8-9-13-24(23)30-4)32(28,29)22-10-6-5-7-11-22/h5-15,21,27H,16-17H2,1-4H3/t21-/m0/s1. The van der Waals surface area contributed by atoms with Crippen LogP contribution in [-0.2, 0) is 10.0 Å². The van der Waals surface area contributed by atoms with Crippen molar-refractivity contribution in [2.45, 2.75) is 31.8 Å². The van der Waals surface area contributed by atoms with E-state index in [4.69, 9.17) is 9.47 Å². The van der Waals surface area contributed by atoms with Gasteiger partial charge in [-0.3, -0.25) is 4.31 Å². The van der Waals surface area contributed by atoms with E-state index >= 15 is 0 Å². The summed E-state index contributed by atoms with van der Waals surface area (Å²) in [6, 6.07) is 19.0. The van der Waals surface area contributed by atoms with Crippen LogP contribution in [0, 0.1) is 20.8 Å². The fraction of sp³-hybridized carbons (Fsp3) is 0.280. The predicted octanol–water partition coefficient (Wildman–Crippen LogP) is 4.26. The van der Waals surface area contributed by atoms with Crippen LogP contribution in [-0.4, -0.2) is 39.9 Å². The third-order valence-corrected chi connectivity index (χ3v) is 6.88. The van der Waals surface area contributed by atoms with Gasteiger partial charge in [0.2, 0.25) is 0 Å². The van der Waals surface area contributed by atoms with Crippen molar-refractivity contribution in [3.05, 3.63) is 83.4 Å². The number of nitrogens with zero attached hydrogens (tertiary/aromatic N) is 1. The number of aliphatic hydroxyl groups excluding tert-OH is 1. The molecule has 3 aromatic rings. The summed E-state index contributed by atoms with van der Waals surface area (Å²) in [5.41, 5.74) is 3.41. The number of anilines is 1. The Bertz CT molecular complexity index is 1140. The Kier molecular flexibility index (Phi) is 7.43. The Morgan fingerprint density at radius 3 is 2.16 bits per heavy atom. The van der Waals surface area contributed by atoms with Gasteiger partial charge in [0.25, 0.3) is 10.0 Å². The van der Waals surface area contributed by atoms with Crippen LogP contribution in [0.4, 0.5) is 5.69 Å². The van der Waals surface area contributed by atoms with Crippen molar-refractivity contribution in [3.8, 4) is 11.5 Å². The summed E-state index contributed by atoms with van der Waals surface area (Å²) in [5.74, 6) is 1.09. The molecule has 0 aliphatic heterocycles. The van der Waals surface area contributed by atoms with Gasteiger partial charge >= 0.3 is 0 Å². The smallest absolute Gasteiger partial charge is 0.264 e. The van der Waals surface area contributed by atoms with E-state index in [1.807, 2.05) is 32.9 Å². The lowest BCUT2D eigenvalue weighted by Gasteiger charge is -2.28. The molecule has 0 aliphatic rings. The molecule has 0 heterocycles. The molecule has 0 saturated heterocycles. The monoisotopic (exact) mass is 455 g/mol. The zero-order valence-electron chi connectivity index (χ0n) is 18.8. The van der Waals surface area contributed by atoms with Crippen molar-refractivity contribution >= 4 is 15.7 Å². The first-order chi connectivity index (χ1) is 15.2. The van der Waals surface area contributed by atoms with Gasteiger partial charge in [0.05, 0.1) is 24.2 Å². The van der Waals surface area contributed by atoms with Crippen LogP contribution in [0.25, 0.3) is 0 Å². The van der Waals surface area contributed by atoms with Gasteiger partial charge in [0, 0.05) is 0 Å². The van der Waals surface area contributed by atoms with Crippen LogP contribution in [0.1, 0.15) is 16.7 Å². The van der Waals surface area contributed by atoms with Crippen molar-refractivity contribution in [1.82, 2.24) is 0 Å². The Labute approximate surface area is 190 Å². The minimum atomic E-state index is -3.95. The molecule has 1 atom stereocenters. The zero-order valence-corrected chi connectivity index (χ0v) is 19.6. The first kappa shape index (κ1) is 23.6. The van der Waals surface area contributed by atoms with Gasteiger partial charge in [0.1, 0.15) is 24.2 Å². The molecule has 0 aliphatic carbocycles. The van der Waals surface area contributed by atoms with Gasteiger partial charge in [-0.15, -0.1) is 0 Å². The van der Waals surface area contributed by atoms with Crippen molar-refractivity contribution in [2.24, 2.45) is 0 Å². The summed E-state index contributed by atoms with van der Waals surface area (Å²) in [6.45, 7) is 5.66. The molecule has 0 aromatic heterocycles. The third kappa shape index (κ3) is 5.23. The number of methoxy groups -OCH3 is 1. The molecule has 0 fully saturated rings. The van der Waals surface area contributed by atoms with Crippen LogP contribution in [0.3, 0.4) is 0 Å². The fourth-order valence-electron chi connectivity index (χ4n) is 3.70. The molecule has 0 unspecified atom stereocenters. The number of aryl methyl sites for hydroxylation is 3. The first-order valence-electron chi connectivity index (χ1n) is 10.3. The van der Waals surface area contributed by atoms with Gasteiger partial charge in [-0.1, -0.05) is 48.0 Å². The number of hydrogen-bond acceptors (Lipinski definition) is 5. The maximum atomic E-state index is 13.5. The Balaban J connectivity index is 1.89. The largest absolute Gasteiger partial charge is 0.495 e. The molecule has 7 heteroatoms. The summed E-state index contributed by atoms with van der Waals surface area (Å²) in [5, 5.41) is 10.8. The molecule has 0 amide bonds. The highest BCUT2D eigenvalue weighted by atomic mass is 32.2. The molecule has 3 aromatic carbocycles. The van der Waals surface area contributed by atoms with E-state index in [1.165, 1.54) is 23.5 Å². The van der Waals surface area contributed by atoms with E-state index in [-0.39, 0.29) is 18.0 Å². The van der Waals surface area contributed by atoms with Gasteiger partial charge in [-0.2, -0.15) is 0 Å². The molecule has 3 rings (SSSR count). The minimum Gasteiger partial charge on any atom is -0.495 e. The van der Waals surface area contributed by atoms with E-state index in [0.29, 0.717) is 17.2 Å². The average Bonchev–Trinajstić information content (AvgIpc) is 2.77. The van der Waals surface area contributed by atoms with Gasteiger partial charge < -0.3 is 14.6 Å². The normalized spacial score (nSPS) is 12.3. The summed E-state index contributed by atoms with van der Waals surface area (Å²) >= 11 is 0. The zero-order chi connectivity index (χ0) is 23.3. The second kappa shape index (κ2) is 10.1. The number of para-hydroxylation sites is 2. The minimum absolute atomic E-state index is 0.0549. The second-order valence-electron chi connectivity index (χ2n) is 7.71. The van der Waals surface area contributed by atoms with Gasteiger partial charge in [-0.25, -0.2) is 8.42 Å². The molecule has 32 heavy (non-hydrogen) atoms. The highest BCUT2D eigenvalue weighted by Crippen LogP contribution is 2.32. The SMILES string of the molecule is COc1ccccc1N(C[C@H](O)COc1c(C)cc(C)cc1C)S(=O)(=O)c1ccccc1. The van der Waals surface area contributed by atoms with Crippen LogP contribution in [0.2, 0.25) is 0 Å². The number of hydrogen-bond donors (Lipinski definition) is 1. The number of benzene rings is 3. The molecule has 0 bridgehead atoms. The Morgan fingerprint density at radius 1 is 0.938 bits per heavy atom. The van der Waals surface area contributed by atoms with E-state index in [9.17, 15) is 13.5 Å². The number of ether oxygens (including phenoxy) is 2. The van der Waals surface area contributed by atoms with Crippen LogP contribution in [0.15, 0.2) is 71.6 Å². The van der Waals surface area contributed by atoms with E-state index < -0.39 is 16.1 Å². The topological polar surface area (TPSA) is 76.1 Å². The van der Waals surface area contributed by atoms with Gasteiger partial charge in [-0.05, 0) is 56.2 Å².